The Morgan fingerprint density at radius 2 is 0.947 bits per heavy atom. The third kappa shape index (κ3) is 24.8. The summed E-state index contributed by atoms with van der Waals surface area (Å²) in [4.78, 5) is 86.1. The number of halogens is 9. The number of nitrogens with one attached hydrogen (secondary N) is 6. The molecule has 1 aliphatic rings. The lowest BCUT2D eigenvalue weighted by molar-refractivity contribution is -0.141. The van der Waals surface area contributed by atoms with Crippen LogP contribution in [0.2, 0.25) is 30.3 Å². The molecule has 0 aliphatic carbocycles. The van der Waals surface area contributed by atoms with Crippen molar-refractivity contribution < 1.29 is 37.1 Å². The Hall–Kier alpha value is -11.0. The van der Waals surface area contributed by atoms with Crippen LogP contribution in [0, 0.1) is 19.8 Å². The van der Waals surface area contributed by atoms with Crippen LogP contribution >= 0.6 is 69.6 Å². The summed E-state index contributed by atoms with van der Waals surface area (Å²) in [5.41, 5.74) is 10.1. The van der Waals surface area contributed by atoms with Crippen molar-refractivity contribution in [3.05, 3.63) is 294 Å². The Morgan fingerprint density at radius 1 is 0.478 bits per heavy atom. The molecule has 0 unspecified atom stereocenters. The summed E-state index contributed by atoms with van der Waals surface area (Å²) in [5.74, 6) is 0.422. The second-order valence-corrected chi connectivity index (χ2v) is 28.2. The van der Waals surface area contributed by atoms with Gasteiger partial charge in [-0.1, -0.05) is 109 Å². The Kier molecular flexibility index (Phi) is 30.6. The summed E-state index contributed by atoms with van der Waals surface area (Å²) in [5, 5.41) is 20.7. The fraction of sp³-hybridized carbons (Fsp3) is 0.190. The van der Waals surface area contributed by atoms with Gasteiger partial charge < -0.3 is 36.6 Å². The lowest BCUT2D eigenvalue weighted by Crippen LogP contribution is -2.37. The summed E-state index contributed by atoms with van der Waals surface area (Å²) in [6, 6.07) is 51.7. The number of anilines is 6. The second-order valence-electron chi connectivity index (χ2n) is 25.7. The van der Waals surface area contributed by atoms with Crippen molar-refractivity contribution in [2.45, 2.75) is 53.6 Å². The van der Waals surface area contributed by atoms with Gasteiger partial charge in [0.2, 0.25) is 0 Å². The first-order chi connectivity index (χ1) is 54.3. The SMILES string of the molecule is CC(C)CNc1ncc(C(=O)Nc2ccc(Cl)c(-c3ccccn3)c2)cc1Cl.CCc1ccnc(-c2cc(NC(=O)c3ccc(C(F)(F)F)nc3C)ccc2Cl)c1.Cc1nc(Cl)ccc1C(=O)Nc1ccc(Cl)c(-c2ccccn2)c1.O=C(Nc1ccc(Cl)c(-c2ccccn2)c1)c1ccc(NCCCN2CCOCC2)nc1. The Morgan fingerprint density at radius 3 is 1.39 bits per heavy atom. The molecule has 580 valence electrons. The third-order valence-corrected chi connectivity index (χ3v) is 18.8. The van der Waals surface area contributed by atoms with Gasteiger partial charge in [-0.2, -0.15) is 13.2 Å². The van der Waals surface area contributed by atoms with Gasteiger partial charge in [0.15, 0.2) is 0 Å². The molecule has 6 N–H and O–H groups in total. The molecule has 0 radical (unpaired) electrons. The molecular weight excluding hydrogens is 1570 g/mol. The molecule has 9 heterocycles. The van der Waals surface area contributed by atoms with Crippen molar-refractivity contribution in [2.24, 2.45) is 5.92 Å². The first kappa shape index (κ1) is 84.5. The smallest absolute Gasteiger partial charge is 0.379 e. The number of aryl methyl sites for hydroxylation is 3. The van der Waals surface area contributed by atoms with Gasteiger partial charge in [0.1, 0.15) is 22.5 Å². The van der Waals surface area contributed by atoms with E-state index in [1.54, 1.807) is 129 Å². The Balaban J connectivity index is 0.000000160. The topological polar surface area (TPSA) is 256 Å². The molecule has 0 bridgehead atoms. The lowest BCUT2D eigenvalue weighted by atomic mass is 10.1. The van der Waals surface area contributed by atoms with Crippen LogP contribution in [0.5, 0.6) is 0 Å². The van der Waals surface area contributed by atoms with Gasteiger partial charge >= 0.3 is 6.18 Å². The molecule has 12 aromatic rings. The first-order valence-corrected chi connectivity index (χ1v) is 37.8. The van der Waals surface area contributed by atoms with E-state index in [-0.39, 0.29) is 29.0 Å². The molecule has 13 rings (SSSR count). The number of carbonyl (C=O) groups is 4. The highest BCUT2D eigenvalue weighted by Crippen LogP contribution is 2.35. The number of hydrogen-bond acceptors (Lipinski definition) is 16. The zero-order valence-corrected chi connectivity index (χ0v) is 66.2. The normalized spacial score (nSPS) is 11.8. The molecule has 1 fully saturated rings. The van der Waals surface area contributed by atoms with Gasteiger partial charge in [0.25, 0.3) is 23.6 Å². The van der Waals surface area contributed by atoms with E-state index in [0.29, 0.717) is 98.4 Å². The number of ether oxygens (including phenoxy) is 1. The standard InChI is InChI=1S/C24H26ClN5O2.C21H20Cl2N4O.C21H17ClF3N3O.C18H13Cl2N3O/c25-21-7-6-19(16-20(21)22-4-1-2-9-26-22)29-24(31)18-5-8-23(28-17-18)27-10-3-11-30-12-14-32-15-13-30;1-13(2)11-25-20-18(23)9-14(12-26-20)21(28)27-15-6-7-17(22)16(10-15)19-5-3-4-8-24-19;1-3-13-8-9-26-18(10-13)16-11-14(4-6-17(16)22)28-20(29)15-5-7-19(21(23,24)25)27-12(15)2;1-11-13(6-8-17(20)22-11)18(24)23-12-5-7-15(19)14(10-12)16-4-2-3-9-21-16/h1-2,4-9,16-17H,3,10-15H2,(H,27,28)(H,29,31);3-10,12-13H,11H2,1-2H3,(H,25,26)(H,27,28);4-11H,3H2,1-2H3,(H,28,29);2-10H,1H3,(H,23,24). The predicted octanol–water partition coefficient (Wildman–Crippen LogP) is 20.9. The van der Waals surface area contributed by atoms with Crippen molar-refractivity contribution in [1.82, 2.24) is 44.8 Å². The van der Waals surface area contributed by atoms with Crippen LogP contribution in [-0.2, 0) is 17.3 Å². The van der Waals surface area contributed by atoms with Crippen LogP contribution in [0.1, 0.15) is 91.3 Å². The van der Waals surface area contributed by atoms with Gasteiger partial charge in [0.05, 0.1) is 94.7 Å². The van der Waals surface area contributed by atoms with E-state index in [1.165, 1.54) is 13.1 Å². The number of nitrogens with zero attached hydrogens (tertiary/aromatic N) is 9. The highest BCUT2D eigenvalue weighted by Gasteiger charge is 2.33. The van der Waals surface area contributed by atoms with Crippen molar-refractivity contribution in [2.75, 3.05) is 77.8 Å². The minimum absolute atomic E-state index is 0.0103. The largest absolute Gasteiger partial charge is 0.433 e. The predicted molar refractivity (Wildman–Crippen MR) is 445 cm³/mol. The number of alkyl halides is 3. The zero-order valence-electron chi connectivity index (χ0n) is 61.7. The number of benzene rings is 4. The summed E-state index contributed by atoms with van der Waals surface area (Å²) in [7, 11) is 0. The van der Waals surface area contributed by atoms with Crippen LogP contribution in [0.25, 0.3) is 45.0 Å². The molecule has 4 amide bonds. The average molecular weight is 1650 g/mol. The van der Waals surface area contributed by atoms with E-state index in [9.17, 15) is 32.3 Å². The van der Waals surface area contributed by atoms with Crippen molar-refractivity contribution in [3.63, 3.8) is 0 Å². The number of pyridine rings is 8. The van der Waals surface area contributed by atoms with Crippen LogP contribution in [0.4, 0.5) is 47.6 Å². The minimum atomic E-state index is -4.56. The van der Waals surface area contributed by atoms with E-state index in [0.717, 1.165) is 116 Å². The summed E-state index contributed by atoms with van der Waals surface area (Å²) in [6.07, 6.45) is 7.16. The van der Waals surface area contributed by atoms with Gasteiger partial charge in [0, 0.05) is 108 Å². The van der Waals surface area contributed by atoms with E-state index in [1.807, 2.05) is 85.8 Å². The van der Waals surface area contributed by atoms with Crippen LogP contribution < -0.4 is 31.9 Å². The van der Waals surface area contributed by atoms with Gasteiger partial charge in [-0.15, -0.1) is 0 Å². The van der Waals surface area contributed by atoms with E-state index in [4.69, 9.17) is 74.3 Å². The molecule has 0 saturated carbocycles. The summed E-state index contributed by atoms with van der Waals surface area (Å²) >= 11 is 37.2. The maximum atomic E-state index is 12.8. The minimum Gasteiger partial charge on any atom is -0.379 e. The number of hydrogen-bond donors (Lipinski definition) is 6. The summed E-state index contributed by atoms with van der Waals surface area (Å²) in [6.45, 7) is 15.6. The molecule has 29 heteroatoms. The van der Waals surface area contributed by atoms with E-state index in [2.05, 4.69) is 90.5 Å². The van der Waals surface area contributed by atoms with Gasteiger partial charge in [-0.05, 0) is 209 Å². The number of carbonyl (C=O) groups excluding carboxylic acids is 4. The lowest BCUT2D eigenvalue weighted by Gasteiger charge is -2.26. The fourth-order valence-electron chi connectivity index (χ4n) is 11.1. The quantitative estimate of drug-likeness (QED) is 0.0289. The Labute approximate surface area is 681 Å². The number of aromatic nitrogens is 8. The molecule has 1 saturated heterocycles. The van der Waals surface area contributed by atoms with Crippen molar-refractivity contribution in [1.29, 1.82) is 0 Å². The average Bonchev–Trinajstić information content (AvgIpc) is 0.823. The zero-order chi connectivity index (χ0) is 80.6. The molecule has 113 heavy (non-hydrogen) atoms. The fourth-order valence-corrected chi connectivity index (χ4v) is 12.4. The van der Waals surface area contributed by atoms with Gasteiger partial charge in [-0.25, -0.2) is 19.9 Å². The first-order valence-electron chi connectivity index (χ1n) is 35.6. The summed E-state index contributed by atoms with van der Waals surface area (Å²) < 4.78 is 43.7. The monoisotopic (exact) mass is 1640 g/mol. The van der Waals surface area contributed by atoms with Crippen LogP contribution in [0.15, 0.2) is 219 Å². The van der Waals surface area contributed by atoms with Crippen molar-refractivity contribution >= 4 is 128 Å². The maximum Gasteiger partial charge on any atom is 0.433 e. The molecule has 1 aliphatic heterocycles. The number of morpholine rings is 1. The van der Waals surface area contributed by atoms with Crippen LogP contribution in [0.3, 0.4) is 0 Å². The molecule has 20 nitrogen and oxygen atoms in total. The van der Waals surface area contributed by atoms with E-state index < -0.39 is 17.8 Å². The highest BCUT2D eigenvalue weighted by atomic mass is 35.5. The molecular formula is C84H76Cl6F3N15O5. The third-order valence-electron chi connectivity index (χ3n) is 17.0. The second kappa shape index (κ2) is 41.0. The molecule has 0 spiro atoms. The molecule has 4 aromatic carbocycles. The van der Waals surface area contributed by atoms with E-state index >= 15 is 0 Å². The van der Waals surface area contributed by atoms with Gasteiger partial charge in [-0.3, -0.25) is 44.0 Å². The molecule has 0 atom stereocenters. The number of rotatable bonds is 21. The van der Waals surface area contributed by atoms with Crippen LogP contribution in [-0.4, -0.2) is 114 Å². The van der Waals surface area contributed by atoms with Crippen molar-refractivity contribution in [3.8, 4) is 45.0 Å². The highest BCUT2D eigenvalue weighted by molar-refractivity contribution is 6.35. The maximum absolute atomic E-state index is 12.8. The number of amides is 4. The molecule has 8 aromatic heterocycles. The Bertz CT molecular complexity index is 5270.